The Bertz CT molecular complexity index is 445. The summed E-state index contributed by atoms with van der Waals surface area (Å²) in [5.74, 6) is 0.574. The lowest BCUT2D eigenvalue weighted by atomic mass is 10.3. The fraction of sp³-hybridized carbons (Fsp3) is 0.100. The minimum absolute atomic E-state index is 0.262. The molecule has 1 aromatic carbocycles. The van der Waals surface area contributed by atoms with E-state index < -0.39 is 0 Å². The molecule has 0 fully saturated rings. The molecule has 0 radical (unpaired) electrons. The number of hydrogen-bond acceptors (Lipinski definition) is 1. The fourth-order valence-corrected chi connectivity index (χ4v) is 1.78. The molecule has 2 nitrogen and oxygen atoms in total. The van der Waals surface area contributed by atoms with Gasteiger partial charge in [0.25, 0.3) is 0 Å². The first-order valence-electron chi connectivity index (χ1n) is 4.13. The molecule has 0 bridgehead atoms. The molecular weight excluding hydrogens is 247 g/mol. The number of hydrogen-bond donors (Lipinski definition) is 0. The average Bonchev–Trinajstić information content (AvgIpc) is 2.49. The van der Waals surface area contributed by atoms with Crippen LogP contribution in [0.25, 0.3) is 5.69 Å². The lowest BCUT2D eigenvalue weighted by molar-refractivity contribution is 0.625. The lowest BCUT2D eigenvalue weighted by Crippen LogP contribution is -1.96. The number of aromatic nitrogens is 2. The van der Waals surface area contributed by atoms with Crippen LogP contribution in [0, 0.1) is 12.7 Å². The van der Waals surface area contributed by atoms with Gasteiger partial charge in [-0.3, -0.25) is 0 Å². The normalized spacial score (nSPS) is 10.5. The van der Waals surface area contributed by atoms with Crippen LogP contribution < -0.4 is 0 Å². The van der Waals surface area contributed by atoms with E-state index in [4.69, 9.17) is 0 Å². The fourth-order valence-electron chi connectivity index (χ4n) is 1.33. The molecule has 14 heavy (non-hydrogen) atoms. The molecule has 0 aliphatic rings. The summed E-state index contributed by atoms with van der Waals surface area (Å²) in [6, 6.07) is 4.74. The summed E-state index contributed by atoms with van der Waals surface area (Å²) in [7, 11) is 0. The number of benzene rings is 1. The molecule has 4 heteroatoms. The van der Waals surface area contributed by atoms with Gasteiger partial charge in [-0.05, 0) is 25.1 Å². The first-order valence-corrected chi connectivity index (χ1v) is 4.92. The van der Waals surface area contributed by atoms with Gasteiger partial charge in [0.1, 0.15) is 11.6 Å². The molecule has 2 rings (SSSR count). The summed E-state index contributed by atoms with van der Waals surface area (Å²) < 4.78 is 15.6. The third-order valence-electron chi connectivity index (χ3n) is 1.95. The van der Waals surface area contributed by atoms with Crippen LogP contribution in [0.15, 0.2) is 35.1 Å². The van der Waals surface area contributed by atoms with E-state index in [9.17, 15) is 4.39 Å². The van der Waals surface area contributed by atoms with Crippen molar-refractivity contribution in [3.63, 3.8) is 0 Å². The molecule has 0 saturated carbocycles. The van der Waals surface area contributed by atoms with Gasteiger partial charge in [0.15, 0.2) is 0 Å². The summed E-state index contributed by atoms with van der Waals surface area (Å²) in [6.45, 7) is 1.87. The first-order chi connectivity index (χ1) is 6.66. The monoisotopic (exact) mass is 254 g/mol. The maximum atomic E-state index is 13.1. The number of aryl methyl sites for hydroxylation is 1. The largest absolute Gasteiger partial charge is 0.304 e. The first kappa shape index (κ1) is 9.40. The highest BCUT2D eigenvalue weighted by Gasteiger charge is 2.03. The van der Waals surface area contributed by atoms with Gasteiger partial charge >= 0.3 is 0 Å². The Morgan fingerprint density at radius 1 is 1.36 bits per heavy atom. The van der Waals surface area contributed by atoms with Crippen LogP contribution in [-0.2, 0) is 0 Å². The second-order valence-electron chi connectivity index (χ2n) is 2.97. The molecule has 0 aliphatic carbocycles. The molecule has 0 spiro atoms. The average molecular weight is 255 g/mol. The zero-order chi connectivity index (χ0) is 10.1. The SMILES string of the molecule is Cc1nccn1-c1cc(F)cc(Br)c1. The maximum absolute atomic E-state index is 13.1. The Labute approximate surface area is 89.5 Å². The van der Waals surface area contributed by atoms with E-state index in [1.165, 1.54) is 12.1 Å². The standard InChI is InChI=1S/C10H8BrFN2/c1-7-13-2-3-14(7)10-5-8(11)4-9(12)6-10/h2-6H,1H3. The third kappa shape index (κ3) is 1.70. The second-order valence-corrected chi connectivity index (χ2v) is 3.89. The summed E-state index contributed by atoms with van der Waals surface area (Å²) in [5.41, 5.74) is 0.770. The minimum Gasteiger partial charge on any atom is -0.304 e. The van der Waals surface area contributed by atoms with E-state index in [0.29, 0.717) is 0 Å². The number of nitrogens with zero attached hydrogens (tertiary/aromatic N) is 2. The highest BCUT2D eigenvalue weighted by molar-refractivity contribution is 9.10. The zero-order valence-corrected chi connectivity index (χ0v) is 9.12. The molecule has 0 amide bonds. The summed E-state index contributed by atoms with van der Waals surface area (Å²) in [5, 5.41) is 0. The van der Waals surface area contributed by atoms with E-state index in [1.807, 2.05) is 17.6 Å². The highest BCUT2D eigenvalue weighted by Crippen LogP contribution is 2.18. The van der Waals surface area contributed by atoms with Crippen molar-refractivity contribution in [2.24, 2.45) is 0 Å². The second kappa shape index (κ2) is 3.53. The van der Waals surface area contributed by atoms with Gasteiger partial charge in [-0.2, -0.15) is 0 Å². The third-order valence-corrected chi connectivity index (χ3v) is 2.41. The zero-order valence-electron chi connectivity index (χ0n) is 7.54. The summed E-state index contributed by atoms with van der Waals surface area (Å²) in [4.78, 5) is 4.08. The van der Waals surface area contributed by atoms with Crippen LogP contribution in [0.4, 0.5) is 4.39 Å². The van der Waals surface area contributed by atoms with Crippen LogP contribution in [0.1, 0.15) is 5.82 Å². The van der Waals surface area contributed by atoms with Crippen molar-refractivity contribution in [1.82, 2.24) is 9.55 Å². The van der Waals surface area contributed by atoms with Crippen molar-refractivity contribution in [1.29, 1.82) is 0 Å². The van der Waals surface area contributed by atoms with Gasteiger partial charge in [-0.15, -0.1) is 0 Å². The van der Waals surface area contributed by atoms with Crippen LogP contribution in [0.2, 0.25) is 0 Å². The molecule has 1 aromatic heterocycles. The molecule has 72 valence electrons. The molecular formula is C10H8BrFN2. The molecule has 1 heterocycles. The van der Waals surface area contributed by atoms with Gasteiger partial charge < -0.3 is 4.57 Å². The van der Waals surface area contributed by atoms with Crippen LogP contribution >= 0.6 is 15.9 Å². The van der Waals surface area contributed by atoms with E-state index in [0.717, 1.165) is 16.0 Å². The Kier molecular flexibility index (Phi) is 2.37. The molecule has 0 N–H and O–H groups in total. The maximum Gasteiger partial charge on any atom is 0.126 e. The van der Waals surface area contributed by atoms with Gasteiger partial charge in [0.2, 0.25) is 0 Å². The molecule has 0 atom stereocenters. The van der Waals surface area contributed by atoms with E-state index in [1.54, 1.807) is 12.4 Å². The van der Waals surface area contributed by atoms with E-state index in [-0.39, 0.29) is 5.82 Å². The van der Waals surface area contributed by atoms with Crippen LogP contribution in [-0.4, -0.2) is 9.55 Å². The minimum atomic E-state index is -0.262. The van der Waals surface area contributed by atoms with Crippen molar-refractivity contribution in [2.75, 3.05) is 0 Å². The predicted molar refractivity (Wildman–Crippen MR) is 56.0 cm³/mol. The molecule has 0 aliphatic heterocycles. The van der Waals surface area contributed by atoms with Crippen molar-refractivity contribution >= 4 is 15.9 Å². The Morgan fingerprint density at radius 2 is 2.14 bits per heavy atom. The van der Waals surface area contributed by atoms with Crippen LogP contribution in [0.5, 0.6) is 0 Å². The van der Waals surface area contributed by atoms with Crippen LogP contribution in [0.3, 0.4) is 0 Å². The van der Waals surface area contributed by atoms with Gasteiger partial charge in [0.05, 0.1) is 5.69 Å². The van der Waals surface area contributed by atoms with Crippen molar-refractivity contribution in [2.45, 2.75) is 6.92 Å². The quantitative estimate of drug-likeness (QED) is 0.765. The van der Waals surface area contributed by atoms with Crippen molar-refractivity contribution in [3.8, 4) is 5.69 Å². The number of rotatable bonds is 1. The Hall–Kier alpha value is -1.16. The summed E-state index contributed by atoms with van der Waals surface area (Å²) >= 11 is 3.25. The topological polar surface area (TPSA) is 17.8 Å². The van der Waals surface area contributed by atoms with Crippen molar-refractivity contribution < 1.29 is 4.39 Å². The number of imidazole rings is 1. The Morgan fingerprint density at radius 3 is 2.71 bits per heavy atom. The highest BCUT2D eigenvalue weighted by atomic mass is 79.9. The Balaban J connectivity index is 2.57. The molecule has 0 unspecified atom stereocenters. The predicted octanol–water partition coefficient (Wildman–Crippen LogP) is 3.08. The van der Waals surface area contributed by atoms with Gasteiger partial charge in [-0.25, -0.2) is 9.37 Å². The lowest BCUT2D eigenvalue weighted by Gasteiger charge is -2.05. The van der Waals surface area contributed by atoms with Gasteiger partial charge in [0, 0.05) is 16.9 Å². The van der Waals surface area contributed by atoms with Gasteiger partial charge in [-0.1, -0.05) is 15.9 Å². The molecule has 2 aromatic rings. The van der Waals surface area contributed by atoms with E-state index >= 15 is 0 Å². The van der Waals surface area contributed by atoms with Crippen molar-refractivity contribution in [3.05, 3.63) is 46.7 Å². The van der Waals surface area contributed by atoms with E-state index in [2.05, 4.69) is 20.9 Å². The molecule has 0 saturated heterocycles. The number of halogens is 2. The summed E-state index contributed by atoms with van der Waals surface area (Å²) in [6.07, 6.45) is 3.49. The smallest absolute Gasteiger partial charge is 0.126 e.